The molecule has 1 fully saturated rings. The molecule has 0 saturated carbocycles. The monoisotopic (exact) mass is 312 g/mol. The predicted octanol–water partition coefficient (Wildman–Crippen LogP) is 2.13. The zero-order valence-electron chi connectivity index (χ0n) is 12.8. The molecule has 1 amide bonds. The largest absolute Gasteiger partial charge is 0.381 e. The minimum atomic E-state index is -0.433. The van der Waals surface area contributed by atoms with E-state index in [1.807, 2.05) is 7.05 Å². The molecule has 2 rings (SSSR count). The number of carbonyl (C=O) groups is 1. The highest BCUT2D eigenvalue weighted by molar-refractivity contribution is 5.85. The molecule has 2 N–H and O–H groups in total. The Hall–Kier alpha value is -1.10. The van der Waals surface area contributed by atoms with Crippen LogP contribution in [0.15, 0.2) is 24.3 Å². The molecule has 1 aromatic rings. The van der Waals surface area contributed by atoms with E-state index in [9.17, 15) is 4.79 Å². The summed E-state index contributed by atoms with van der Waals surface area (Å²) in [6.07, 6.45) is 1.45. The minimum Gasteiger partial charge on any atom is -0.381 e. The van der Waals surface area contributed by atoms with Crippen LogP contribution in [-0.2, 0) is 16.1 Å². The quantitative estimate of drug-likeness (QED) is 0.926. The average Bonchev–Trinajstić information content (AvgIpc) is 2.49. The summed E-state index contributed by atoms with van der Waals surface area (Å²) in [5.41, 5.74) is 7.83. The van der Waals surface area contributed by atoms with Gasteiger partial charge in [-0.1, -0.05) is 29.8 Å². The second kappa shape index (κ2) is 7.78. The molecule has 0 aliphatic carbocycles. The van der Waals surface area contributed by atoms with Crippen molar-refractivity contribution in [2.45, 2.75) is 26.3 Å². The molecular weight excluding hydrogens is 288 g/mol. The Morgan fingerprint density at radius 3 is 2.38 bits per heavy atom. The molecule has 21 heavy (non-hydrogen) atoms. The molecule has 0 radical (unpaired) electrons. The highest BCUT2D eigenvalue weighted by atomic mass is 35.5. The van der Waals surface area contributed by atoms with E-state index in [-0.39, 0.29) is 18.3 Å². The van der Waals surface area contributed by atoms with Crippen molar-refractivity contribution in [2.75, 3.05) is 26.8 Å². The van der Waals surface area contributed by atoms with Crippen molar-refractivity contribution in [3.05, 3.63) is 35.4 Å². The maximum atomic E-state index is 12.7. The molecule has 0 unspecified atom stereocenters. The third-order valence-corrected chi connectivity index (χ3v) is 4.18. The number of benzene rings is 1. The Kier molecular flexibility index (Phi) is 6.65. The minimum absolute atomic E-state index is 0. The Morgan fingerprint density at radius 1 is 1.29 bits per heavy atom. The SMILES string of the molecule is Cc1ccc(CN(C)C(=O)C2(CN)CCOCC2)cc1.Cl. The van der Waals surface area contributed by atoms with E-state index in [2.05, 4.69) is 31.2 Å². The normalized spacial score (nSPS) is 16.9. The molecule has 0 spiro atoms. The first-order valence-electron chi connectivity index (χ1n) is 7.16. The van der Waals surface area contributed by atoms with Gasteiger partial charge < -0.3 is 15.4 Å². The smallest absolute Gasteiger partial charge is 0.230 e. The molecule has 0 bridgehead atoms. The fraction of sp³-hybridized carbons (Fsp3) is 0.562. The van der Waals surface area contributed by atoms with Crippen LogP contribution < -0.4 is 5.73 Å². The number of aryl methyl sites for hydroxylation is 1. The second-order valence-electron chi connectivity index (χ2n) is 5.74. The lowest BCUT2D eigenvalue weighted by atomic mass is 9.79. The van der Waals surface area contributed by atoms with Crippen LogP contribution in [0.4, 0.5) is 0 Å². The zero-order valence-corrected chi connectivity index (χ0v) is 13.6. The highest BCUT2D eigenvalue weighted by Crippen LogP contribution is 2.31. The van der Waals surface area contributed by atoms with Gasteiger partial charge in [-0.25, -0.2) is 0 Å². The van der Waals surface area contributed by atoms with Gasteiger partial charge in [-0.05, 0) is 25.3 Å². The molecule has 4 nitrogen and oxygen atoms in total. The van der Waals surface area contributed by atoms with Gasteiger partial charge in [-0.3, -0.25) is 4.79 Å². The Balaban J connectivity index is 0.00000220. The van der Waals surface area contributed by atoms with Gasteiger partial charge >= 0.3 is 0 Å². The number of amides is 1. The number of carbonyl (C=O) groups excluding carboxylic acids is 1. The van der Waals surface area contributed by atoms with Gasteiger partial charge in [-0.15, -0.1) is 12.4 Å². The summed E-state index contributed by atoms with van der Waals surface area (Å²) in [4.78, 5) is 14.5. The van der Waals surface area contributed by atoms with Gasteiger partial charge in [0.05, 0.1) is 5.41 Å². The maximum Gasteiger partial charge on any atom is 0.230 e. The standard InChI is InChI=1S/C16H24N2O2.ClH/c1-13-3-5-14(6-4-13)11-18(2)15(19)16(12-17)7-9-20-10-8-16;/h3-6H,7-12,17H2,1-2H3;1H. The topological polar surface area (TPSA) is 55.6 Å². The third-order valence-electron chi connectivity index (χ3n) is 4.18. The third kappa shape index (κ3) is 4.19. The number of nitrogens with two attached hydrogens (primary N) is 1. The van der Waals surface area contributed by atoms with Gasteiger partial charge in [-0.2, -0.15) is 0 Å². The van der Waals surface area contributed by atoms with E-state index < -0.39 is 5.41 Å². The first-order valence-corrected chi connectivity index (χ1v) is 7.16. The first-order chi connectivity index (χ1) is 9.57. The van der Waals surface area contributed by atoms with Crippen molar-refractivity contribution >= 4 is 18.3 Å². The van der Waals surface area contributed by atoms with Crippen LogP contribution in [0.3, 0.4) is 0 Å². The Labute approximate surface area is 133 Å². The van der Waals surface area contributed by atoms with Gasteiger partial charge in [0.15, 0.2) is 0 Å². The second-order valence-corrected chi connectivity index (χ2v) is 5.74. The van der Waals surface area contributed by atoms with Crippen LogP contribution in [0.5, 0.6) is 0 Å². The van der Waals surface area contributed by atoms with E-state index >= 15 is 0 Å². The predicted molar refractivity (Wildman–Crippen MR) is 86.4 cm³/mol. The fourth-order valence-electron chi connectivity index (χ4n) is 2.71. The fourth-order valence-corrected chi connectivity index (χ4v) is 2.71. The lowest BCUT2D eigenvalue weighted by Crippen LogP contribution is -2.49. The number of ether oxygens (including phenoxy) is 1. The molecule has 0 aromatic heterocycles. The summed E-state index contributed by atoms with van der Waals surface area (Å²) >= 11 is 0. The lowest BCUT2D eigenvalue weighted by molar-refractivity contribution is -0.146. The molecule has 1 aliphatic heterocycles. The summed E-state index contributed by atoms with van der Waals surface area (Å²) in [6, 6.07) is 8.28. The van der Waals surface area contributed by atoms with Crippen molar-refractivity contribution in [3.8, 4) is 0 Å². The maximum absolute atomic E-state index is 12.7. The summed E-state index contributed by atoms with van der Waals surface area (Å²) in [7, 11) is 1.86. The van der Waals surface area contributed by atoms with E-state index in [1.165, 1.54) is 5.56 Å². The highest BCUT2D eigenvalue weighted by Gasteiger charge is 2.40. The number of rotatable bonds is 4. The van der Waals surface area contributed by atoms with Crippen LogP contribution >= 0.6 is 12.4 Å². The molecule has 1 heterocycles. The van der Waals surface area contributed by atoms with E-state index in [0.29, 0.717) is 26.3 Å². The number of hydrogen-bond donors (Lipinski definition) is 1. The van der Waals surface area contributed by atoms with E-state index in [1.54, 1.807) is 4.90 Å². The molecule has 1 aromatic carbocycles. The van der Waals surface area contributed by atoms with Crippen molar-refractivity contribution in [3.63, 3.8) is 0 Å². The van der Waals surface area contributed by atoms with Crippen molar-refractivity contribution in [1.82, 2.24) is 4.90 Å². The molecular formula is C16H25ClN2O2. The Bertz CT molecular complexity index is 456. The molecule has 1 saturated heterocycles. The molecule has 1 aliphatic rings. The van der Waals surface area contributed by atoms with Gasteiger partial charge in [0, 0.05) is 33.4 Å². The summed E-state index contributed by atoms with van der Waals surface area (Å²) < 4.78 is 5.36. The van der Waals surface area contributed by atoms with Crippen LogP contribution in [0.25, 0.3) is 0 Å². The zero-order chi connectivity index (χ0) is 14.6. The van der Waals surface area contributed by atoms with E-state index in [0.717, 1.165) is 18.4 Å². The van der Waals surface area contributed by atoms with Crippen LogP contribution in [0.1, 0.15) is 24.0 Å². The van der Waals surface area contributed by atoms with Crippen LogP contribution in [0.2, 0.25) is 0 Å². The summed E-state index contributed by atoms with van der Waals surface area (Å²) in [5.74, 6) is 0.142. The van der Waals surface area contributed by atoms with Crippen molar-refractivity contribution < 1.29 is 9.53 Å². The average molecular weight is 313 g/mol. The summed E-state index contributed by atoms with van der Waals surface area (Å²) in [6.45, 7) is 4.34. The van der Waals surface area contributed by atoms with Gasteiger partial charge in [0.25, 0.3) is 0 Å². The molecule has 5 heteroatoms. The van der Waals surface area contributed by atoms with Crippen LogP contribution in [-0.4, -0.2) is 37.6 Å². The van der Waals surface area contributed by atoms with Gasteiger partial charge in [0.2, 0.25) is 5.91 Å². The number of halogens is 1. The summed E-state index contributed by atoms with van der Waals surface area (Å²) in [5, 5.41) is 0. The molecule has 0 atom stereocenters. The first kappa shape index (κ1) is 18.0. The number of hydrogen-bond acceptors (Lipinski definition) is 3. The van der Waals surface area contributed by atoms with Crippen molar-refractivity contribution in [1.29, 1.82) is 0 Å². The van der Waals surface area contributed by atoms with Gasteiger partial charge in [0.1, 0.15) is 0 Å². The molecule has 118 valence electrons. The van der Waals surface area contributed by atoms with Crippen LogP contribution in [0, 0.1) is 12.3 Å². The Morgan fingerprint density at radius 2 is 1.86 bits per heavy atom. The van der Waals surface area contributed by atoms with Crippen molar-refractivity contribution in [2.24, 2.45) is 11.1 Å². The lowest BCUT2D eigenvalue weighted by Gasteiger charge is -2.37. The van der Waals surface area contributed by atoms with E-state index in [4.69, 9.17) is 10.5 Å². The number of nitrogens with zero attached hydrogens (tertiary/aromatic N) is 1.